The Morgan fingerprint density at radius 3 is 2.85 bits per heavy atom. The molecule has 110 valence electrons. The first-order chi connectivity index (χ1) is 9.68. The molecule has 0 aliphatic carbocycles. The number of rotatable bonds is 6. The van der Waals surface area contributed by atoms with E-state index >= 15 is 0 Å². The zero-order valence-electron chi connectivity index (χ0n) is 11.5. The first kappa shape index (κ1) is 14.6. The van der Waals surface area contributed by atoms with E-state index < -0.39 is 5.97 Å². The Labute approximate surface area is 118 Å². The topological polar surface area (TPSA) is 87.8 Å². The van der Waals surface area contributed by atoms with Crippen molar-refractivity contribution in [2.24, 2.45) is 0 Å². The highest BCUT2D eigenvalue weighted by molar-refractivity contribution is 5.97. The van der Waals surface area contributed by atoms with Gasteiger partial charge in [-0.05, 0) is 25.1 Å². The van der Waals surface area contributed by atoms with E-state index in [0.717, 1.165) is 39.3 Å². The van der Waals surface area contributed by atoms with E-state index in [1.165, 1.54) is 0 Å². The molecule has 0 unspecified atom stereocenters. The monoisotopic (exact) mass is 279 g/mol. The van der Waals surface area contributed by atoms with Crippen molar-refractivity contribution in [1.29, 1.82) is 0 Å². The number of hydrogen-bond acceptors (Lipinski definition) is 5. The fraction of sp³-hybridized carbons (Fsp3) is 0.500. The van der Waals surface area contributed by atoms with E-state index in [1.54, 1.807) is 18.2 Å². The van der Waals surface area contributed by atoms with Crippen LogP contribution < -0.4 is 11.1 Å². The molecule has 0 bridgehead atoms. The molecule has 1 aromatic carbocycles. The Morgan fingerprint density at radius 1 is 1.40 bits per heavy atom. The highest BCUT2D eigenvalue weighted by Crippen LogP contribution is 2.23. The van der Waals surface area contributed by atoms with Crippen molar-refractivity contribution in [3.05, 3.63) is 23.8 Å². The van der Waals surface area contributed by atoms with Gasteiger partial charge in [0.25, 0.3) is 0 Å². The van der Waals surface area contributed by atoms with Gasteiger partial charge in [-0.3, -0.25) is 4.90 Å². The van der Waals surface area contributed by atoms with Crippen LogP contribution in [0.2, 0.25) is 0 Å². The van der Waals surface area contributed by atoms with Crippen molar-refractivity contribution in [2.75, 3.05) is 50.4 Å². The van der Waals surface area contributed by atoms with E-state index in [-0.39, 0.29) is 5.56 Å². The summed E-state index contributed by atoms with van der Waals surface area (Å²) in [5, 5.41) is 12.3. The van der Waals surface area contributed by atoms with E-state index in [9.17, 15) is 4.79 Å². The van der Waals surface area contributed by atoms with Gasteiger partial charge < -0.3 is 20.9 Å². The van der Waals surface area contributed by atoms with Crippen molar-refractivity contribution in [3.63, 3.8) is 0 Å². The number of nitrogen functional groups attached to an aromatic ring is 1. The van der Waals surface area contributed by atoms with Gasteiger partial charge in [-0.2, -0.15) is 0 Å². The third kappa shape index (κ3) is 3.85. The number of benzene rings is 1. The first-order valence-corrected chi connectivity index (χ1v) is 6.84. The normalized spacial score (nSPS) is 16.0. The Bertz CT molecular complexity index is 459. The van der Waals surface area contributed by atoms with Crippen LogP contribution in [0.15, 0.2) is 18.2 Å². The molecule has 0 amide bonds. The van der Waals surface area contributed by atoms with Gasteiger partial charge in [0.2, 0.25) is 0 Å². The molecule has 1 aliphatic rings. The number of para-hydroxylation sites is 1. The average Bonchev–Trinajstić information content (AvgIpc) is 2.45. The lowest BCUT2D eigenvalue weighted by atomic mass is 10.1. The zero-order valence-corrected chi connectivity index (χ0v) is 11.5. The van der Waals surface area contributed by atoms with Crippen LogP contribution in [0.3, 0.4) is 0 Å². The molecular formula is C14H21N3O3. The minimum absolute atomic E-state index is 0.219. The van der Waals surface area contributed by atoms with Gasteiger partial charge in [0.15, 0.2) is 0 Å². The van der Waals surface area contributed by atoms with E-state index in [4.69, 9.17) is 15.6 Å². The number of anilines is 2. The smallest absolute Gasteiger partial charge is 0.337 e. The van der Waals surface area contributed by atoms with Crippen LogP contribution >= 0.6 is 0 Å². The summed E-state index contributed by atoms with van der Waals surface area (Å²) in [7, 11) is 0. The first-order valence-electron chi connectivity index (χ1n) is 6.84. The summed E-state index contributed by atoms with van der Waals surface area (Å²) in [6, 6.07) is 4.91. The van der Waals surface area contributed by atoms with Gasteiger partial charge in [0.1, 0.15) is 0 Å². The van der Waals surface area contributed by atoms with Crippen LogP contribution in [-0.4, -0.2) is 55.4 Å². The van der Waals surface area contributed by atoms with Crippen molar-refractivity contribution < 1.29 is 14.6 Å². The molecule has 2 rings (SSSR count). The highest BCUT2D eigenvalue weighted by atomic mass is 16.5. The Kier molecular flexibility index (Phi) is 5.20. The number of nitrogens with zero attached hydrogens (tertiary/aromatic N) is 1. The third-order valence-corrected chi connectivity index (χ3v) is 3.38. The minimum Gasteiger partial charge on any atom is -0.478 e. The predicted octanol–water partition coefficient (Wildman–Crippen LogP) is 1.10. The summed E-state index contributed by atoms with van der Waals surface area (Å²) >= 11 is 0. The summed E-state index contributed by atoms with van der Waals surface area (Å²) in [5.74, 6) is -0.965. The van der Waals surface area contributed by atoms with Gasteiger partial charge >= 0.3 is 5.97 Å². The molecule has 4 N–H and O–H groups in total. The van der Waals surface area contributed by atoms with Crippen molar-refractivity contribution in [3.8, 4) is 0 Å². The summed E-state index contributed by atoms with van der Waals surface area (Å²) in [6.45, 7) is 5.20. The van der Waals surface area contributed by atoms with Crippen LogP contribution in [0.5, 0.6) is 0 Å². The zero-order chi connectivity index (χ0) is 14.4. The molecule has 1 heterocycles. The molecule has 6 nitrogen and oxygen atoms in total. The van der Waals surface area contributed by atoms with Gasteiger partial charge in [-0.15, -0.1) is 0 Å². The summed E-state index contributed by atoms with van der Waals surface area (Å²) in [4.78, 5) is 13.5. The quantitative estimate of drug-likeness (QED) is 0.534. The molecule has 1 saturated heterocycles. The standard InChI is InChI=1S/C14H21N3O3/c15-12-4-1-3-11(14(18)19)13(12)16-5-2-6-17-7-9-20-10-8-17/h1,3-4,16H,2,5-10,15H2,(H,18,19). The average molecular weight is 279 g/mol. The van der Waals surface area contributed by atoms with Crippen LogP contribution in [0.1, 0.15) is 16.8 Å². The lowest BCUT2D eigenvalue weighted by Gasteiger charge is -2.26. The maximum absolute atomic E-state index is 11.1. The maximum Gasteiger partial charge on any atom is 0.337 e. The fourth-order valence-electron chi connectivity index (χ4n) is 2.29. The number of ether oxygens (including phenoxy) is 1. The molecule has 6 heteroatoms. The molecule has 0 spiro atoms. The van der Waals surface area contributed by atoms with Crippen LogP contribution in [-0.2, 0) is 4.74 Å². The number of carbonyl (C=O) groups is 1. The van der Waals surface area contributed by atoms with Crippen LogP contribution in [0.4, 0.5) is 11.4 Å². The molecule has 1 aromatic rings. The van der Waals surface area contributed by atoms with Crippen molar-refractivity contribution in [2.45, 2.75) is 6.42 Å². The Balaban J connectivity index is 1.83. The van der Waals surface area contributed by atoms with E-state index in [2.05, 4.69) is 10.2 Å². The Hall–Kier alpha value is -1.79. The molecule has 1 aliphatic heterocycles. The number of nitrogens with one attached hydrogen (secondary N) is 1. The molecule has 0 radical (unpaired) electrons. The molecular weight excluding hydrogens is 258 g/mol. The number of nitrogens with two attached hydrogens (primary N) is 1. The maximum atomic E-state index is 11.1. The van der Waals surface area contributed by atoms with Crippen LogP contribution in [0, 0.1) is 0 Å². The fourth-order valence-corrected chi connectivity index (χ4v) is 2.29. The number of aromatic carboxylic acids is 1. The van der Waals surface area contributed by atoms with E-state index in [0.29, 0.717) is 17.9 Å². The molecule has 1 fully saturated rings. The number of hydrogen-bond donors (Lipinski definition) is 3. The van der Waals surface area contributed by atoms with Gasteiger partial charge in [0, 0.05) is 19.6 Å². The largest absolute Gasteiger partial charge is 0.478 e. The number of carboxylic acids is 1. The minimum atomic E-state index is -0.965. The number of morpholine rings is 1. The lowest BCUT2D eigenvalue weighted by Crippen LogP contribution is -2.37. The Morgan fingerprint density at radius 2 is 2.15 bits per heavy atom. The number of carboxylic acid groups (broad SMARTS) is 1. The van der Waals surface area contributed by atoms with Gasteiger partial charge in [-0.1, -0.05) is 6.07 Å². The molecule has 20 heavy (non-hydrogen) atoms. The lowest BCUT2D eigenvalue weighted by molar-refractivity contribution is 0.0378. The second kappa shape index (κ2) is 7.12. The predicted molar refractivity (Wildman–Crippen MR) is 78.2 cm³/mol. The van der Waals surface area contributed by atoms with Crippen molar-refractivity contribution >= 4 is 17.3 Å². The van der Waals surface area contributed by atoms with Crippen molar-refractivity contribution in [1.82, 2.24) is 4.90 Å². The van der Waals surface area contributed by atoms with Gasteiger partial charge in [0.05, 0.1) is 30.2 Å². The van der Waals surface area contributed by atoms with Gasteiger partial charge in [-0.25, -0.2) is 4.79 Å². The second-order valence-electron chi connectivity index (χ2n) is 4.81. The van der Waals surface area contributed by atoms with E-state index in [1.807, 2.05) is 0 Å². The molecule has 0 atom stereocenters. The summed E-state index contributed by atoms with van der Waals surface area (Å²) < 4.78 is 5.29. The summed E-state index contributed by atoms with van der Waals surface area (Å²) in [5.41, 5.74) is 7.03. The molecule has 0 saturated carbocycles. The third-order valence-electron chi connectivity index (χ3n) is 3.38. The summed E-state index contributed by atoms with van der Waals surface area (Å²) in [6.07, 6.45) is 0.938. The molecule has 0 aromatic heterocycles. The SMILES string of the molecule is Nc1cccc(C(=O)O)c1NCCCN1CCOCC1. The highest BCUT2D eigenvalue weighted by Gasteiger charge is 2.13. The second-order valence-corrected chi connectivity index (χ2v) is 4.81. The van der Waals surface area contributed by atoms with Crippen LogP contribution in [0.25, 0.3) is 0 Å².